The first-order valence-electron chi connectivity index (χ1n) is 6.40. The lowest BCUT2D eigenvalue weighted by Gasteiger charge is -2.38. The van der Waals surface area contributed by atoms with Crippen molar-refractivity contribution in [1.82, 2.24) is 10.2 Å². The number of thioether (sulfide) groups is 1. The fourth-order valence-corrected chi connectivity index (χ4v) is 3.40. The highest BCUT2D eigenvalue weighted by Gasteiger charge is 2.40. The molecule has 6 nitrogen and oxygen atoms in total. The van der Waals surface area contributed by atoms with E-state index in [9.17, 15) is 14.7 Å². The Bertz CT molecular complexity index is 525. The second kappa shape index (κ2) is 5.34. The van der Waals surface area contributed by atoms with Crippen LogP contribution in [-0.2, 0) is 4.79 Å². The van der Waals surface area contributed by atoms with E-state index in [0.717, 1.165) is 17.4 Å². The maximum atomic E-state index is 12.2. The molecule has 2 atom stereocenters. The van der Waals surface area contributed by atoms with E-state index >= 15 is 0 Å². The Kier molecular flexibility index (Phi) is 3.54. The molecule has 3 rings (SSSR count). The molecule has 2 heterocycles. The highest BCUT2D eigenvalue weighted by molar-refractivity contribution is 8.14. The molecule has 2 N–H and O–H groups in total. The summed E-state index contributed by atoms with van der Waals surface area (Å²) in [6.07, 6.45) is -0.986. The Morgan fingerprint density at radius 1 is 1.20 bits per heavy atom. The van der Waals surface area contributed by atoms with E-state index in [2.05, 4.69) is 5.32 Å². The van der Waals surface area contributed by atoms with Gasteiger partial charge < -0.3 is 20.2 Å². The summed E-state index contributed by atoms with van der Waals surface area (Å²) in [5.41, 5.74) is 1.01. The van der Waals surface area contributed by atoms with Gasteiger partial charge in [-0.05, 0) is 23.9 Å². The Hall–Kier alpha value is -1.73. The predicted molar refractivity (Wildman–Crippen MR) is 76.3 cm³/mol. The molecule has 2 aliphatic heterocycles. The molecule has 0 radical (unpaired) electrons. The van der Waals surface area contributed by atoms with E-state index < -0.39 is 11.6 Å². The molecule has 2 fully saturated rings. The lowest BCUT2D eigenvalue weighted by atomic mass is 10.2. The average Bonchev–Trinajstić information content (AvgIpc) is 2.78. The van der Waals surface area contributed by atoms with Gasteiger partial charge in [-0.15, -0.1) is 0 Å². The van der Waals surface area contributed by atoms with Crippen LogP contribution in [0.15, 0.2) is 30.3 Å². The van der Waals surface area contributed by atoms with Crippen molar-refractivity contribution >= 4 is 28.6 Å². The van der Waals surface area contributed by atoms with Crippen molar-refractivity contribution in [2.75, 3.05) is 24.5 Å². The number of aliphatic hydroxyl groups is 1. The van der Waals surface area contributed by atoms with Crippen molar-refractivity contribution in [1.29, 1.82) is 0 Å². The second-order valence-electron chi connectivity index (χ2n) is 4.73. The Morgan fingerprint density at radius 3 is 2.55 bits per heavy atom. The summed E-state index contributed by atoms with van der Waals surface area (Å²) in [5, 5.41) is 11.3. The molecule has 2 amide bonds. The van der Waals surface area contributed by atoms with Gasteiger partial charge in [0.25, 0.3) is 5.24 Å². The number of rotatable bonds is 2. The first-order valence-corrected chi connectivity index (χ1v) is 7.28. The van der Waals surface area contributed by atoms with Gasteiger partial charge in [0, 0.05) is 18.8 Å². The van der Waals surface area contributed by atoms with Crippen LogP contribution in [0.2, 0.25) is 0 Å². The van der Waals surface area contributed by atoms with Crippen molar-refractivity contribution in [3.8, 4) is 0 Å². The maximum absolute atomic E-state index is 12.2. The van der Waals surface area contributed by atoms with Crippen molar-refractivity contribution in [2.24, 2.45) is 0 Å². The summed E-state index contributed by atoms with van der Waals surface area (Å²) in [7, 11) is 0. The quantitative estimate of drug-likeness (QED) is 0.827. The van der Waals surface area contributed by atoms with Crippen molar-refractivity contribution in [3.05, 3.63) is 30.3 Å². The third-order valence-electron chi connectivity index (χ3n) is 3.45. The van der Waals surface area contributed by atoms with Crippen molar-refractivity contribution < 1.29 is 14.7 Å². The number of carbonyl (C=O) groups is 2. The number of carbonyl (C=O) groups excluding carboxylic acids is 2. The van der Waals surface area contributed by atoms with Crippen molar-refractivity contribution in [2.45, 2.75) is 11.6 Å². The smallest absolute Gasteiger partial charge is 0.283 e. The number of hydrogen-bond acceptors (Lipinski definition) is 5. The molecule has 20 heavy (non-hydrogen) atoms. The largest absolute Gasteiger partial charge is 0.371 e. The van der Waals surface area contributed by atoms with Gasteiger partial charge in [-0.3, -0.25) is 9.59 Å². The van der Waals surface area contributed by atoms with Gasteiger partial charge in [0.2, 0.25) is 5.91 Å². The number of nitrogens with zero attached hydrogens (tertiary/aromatic N) is 2. The molecule has 2 aliphatic rings. The molecule has 0 aliphatic carbocycles. The zero-order valence-electron chi connectivity index (χ0n) is 10.7. The topological polar surface area (TPSA) is 72.9 Å². The van der Waals surface area contributed by atoms with Crippen LogP contribution in [0.1, 0.15) is 0 Å². The zero-order chi connectivity index (χ0) is 14.1. The van der Waals surface area contributed by atoms with Gasteiger partial charge in [0.15, 0.2) is 6.23 Å². The lowest BCUT2D eigenvalue weighted by molar-refractivity contribution is -0.133. The fourth-order valence-electron chi connectivity index (χ4n) is 2.45. The molecule has 0 bridgehead atoms. The van der Waals surface area contributed by atoms with Gasteiger partial charge in [0.05, 0.1) is 6.54 Å². The Labute approximate surface area is 120 Å². The summed E-state index contributed by atoms with van der Waals surface area (Å²) in [6, 6.07) is 9.74. The molecule has 0 aromatic heterocycles. The number of hydrogen-bond donors (Lipinski definition) is 2. The van der Waals surface area contributed by atoms with E-state index in [0.29, 0.717) is 13.1 Å². The average molecular weight is 293 g/mol. The summed E-state index contributed by atoms with van der Waals surface area (Å²) < 4.78 is 0. The monoisotopic (exact) mass is 293 g/mol. The molecular formula is C13H15N3O3S. The third-order valence-corrected chi connectivity index (χ3v) is 4.54. The zero-order valence-corrected chi connectivity index (χ0v) is 11.5. The van der Waals surface area contributed by atoms with Crippen LogP contribution in [-0.4, -0.2) is 52.4 Å². The van der Waals surface area contributed by atoms with Gasteiger partial charge >= 0.3 is 0 Å². The SMILES string of the molecule is O=C1NC(O)[C@@H](N2CCN(c3ccccc3)CC2=O)S1. The number of nitrogens with one attached hydrogen (secondary N) is 1. The summed E-state index contributed by atoms with van der Waals surface area (Å²) >= 11 is 0.968. The number of piperazine rings is 1. The first-order chi connectivity index (χ1) is 9.65. The molecule has 0 spiro atoms. The standard InChI is InChI=1S/C13H15N3O3S/c17-10-8-15(9-4-2-1-3-5-9)6-7-16(10)12-11(18)14-13(19)20-12/h1-5,11-12,18H,6-8H2,(H,14,19)/t11?,12-/m0/s1. The normalized spacial score (nSPS) is 26.9. The van der Waals surface area contributed by atoms with Crippen LogP contribution < -0.4 is 10.2 Å². The molecule has 1 unspecified atom stereocenters. The van der Waals surface area contributed by atoms with E-state index in [1.54, 1.807) is 4.90 Å². The van der Waals surface area contributed by atoms with E-state index in [1.807, 2.05) is 35.2 Å². The van der Waals surface area contributed by atoms with E-state index in [4.69, 9.17) is 0 Å². The predicted octanol–water partition coefficient (Wildman–Crippen LogP) is 0.436. The summed E-state index contributed by atoms with van der Waals surface area (Å²) in [5.74, 6) is -0.0758. The van der Waals surface area contributed by atoms with Gasteiger partial charge in [-0.1, -0.05) is 18.2 Å². The number of aliphatic hydroxyl groups excluding tert-OH is 1. The minimum absolute atomic E-state index is 0.0758. The van der Waals surface area contributed by atoms with Gasteiger partial charge in [-0.25, -0.2) is 0 Å². The van der Waals surface area contributed by atoms with Crippen LogP contribution in [0, 0.1) is 0 Å². The second-order valence-corrected chi connectivity index (χ2v) is 5.82. The number of benzene rings is 1. The molecule has 0 saturated carbocycles. The van der Waals surface area contributed by atoms with Crippen LogP contribution in [0.3, 0.4) is 0 Å². The van der Waals surface area contributed by atoms with Crippen molar-refractivity contribution in [3.63, 3.8) is 0 Å². The first kappa shape index (κ1) is 13.3. The Balaban J connectivity index is 1.69. The molecule has 106 valence electrons. The minimum atomic E-state index is -0.986. The van der Waals surface area contributed by atoms with Crippen LogP contribution in [0.25, 0.3) is 0 Å². The highest BCUT2D eigenvalue weighted by Crippen LogP contribution is 2.27. The van der Waals surface area contributed by atoms with E-state index in [-0.39, 0.29) is 17.7 Å². The lowest BCUT2D eigenvalue weighted by Crippen LogP contribution is -2.56. The fraction of sp³-hybridized carbons (Fsp3) is 0.385. The van der Waals surface area contributed by atoms with Crippen LogP contribution in [0.5, 0.6) is 0 Å². The van der Waals surface area contributed by atoms with Gasteiger partial charge in [-0.2, -0.15) is 0 Å². The number of anilines is 1. The number of para-hydroxylation sites is 1. The number of amides is 2. The summed E-state index contributed by atoms with van der Waals surface area (Å²) in [4.78, 5) is 27.1. The summed E-state index contributed by atoms with van der Waals surface area (Å²) in [6.45, 7) is 1.45. The molecule has 2 saturated heterocycles. The molecule has 1 aromatic rings. The van der Waals surface area contributed by atoms with Crippen LogP contribution >= 0.6 is 11.8 Å². The maximum Gasteiger partial charge on any atom is 0.283 e. The van der Waals surface area contributed by atoms with E-state index in [1.165, 1.54) is 0 Å². The molecule has 7 heteroatoms. The van der Waals surface area contributed by atoms with Gasteiger partial charge in [0.1, 0.15) is 5.37 Å². The van der Waals surface area contributed by atoms with Crippen LogP contribution in [0.4, 0.5) is 10.5 Å². The Morgan fingerprint density at radius 2 is 1.95 bits per heavy atom. The highest BCUT2D eigenvalue weighted by atomic mass is 32.2. The minimum Gasteiger partial charge on any atom is -0.371 e. The molecule has 1 aromatic carbocycles. The molecular weight excluding hydrogens is 278 g/mol. The third kappa shape index (κ3) is 2.46.